The second-order valence-corrected chi connectivity index (χ2v) is 10.7. The van der Waals surface area contributed by atoms with Crippen molar-refractivity contribution in [2.75, 3.05) is 26.7 Å². The van der Waals surface area contributed by atoms with E-state index in [2.05, 4.69) is 52.1 Å². The summed E-state index contributed by atoms with van der Waals surface area (Å²) in [7, 11) is 1.96. The highest BCUT2D eigenvalue weighted by atomic mass is 32.1. The first-order chi connectivity index (χ1) is 18.4. The summed E-state index contributed by atoms with van der Waals surface area (Å²) in [5.41, 5.74) is 0.911. The molecule has 1 spiro atoms. The maximum Gasteiger partial charge on any atom is 0.490 e. The summed E-state index contributed by atoms with van der Waals surface area (Å²) in [6.07, 6.45) is -6.21. The number of nitrogens with zero attached hydrogens (tertiary/aromatic N) is 4. The molecule has 9 nitrogen and oxygen atoms in total. The van der Waals surface area contributed by atoms with Crippen LogP contribution in [0.5, 0.6) is 0 Å². The number of likely N-dealkylation sites (tertiary alicyclic amines) is 2. The molecule has 2 fully saturated rings. The van der Waals surface area contributed by atoms with Gasteiger partial charge in [0.25, 0.3) is 0 Å². The van der Waals surface area contributed by atoms with E-state index in [4.69, 9.17) is 19.8 Å². The maximum atomic E-state index is 13.4. The molecule has 2 atom stereocenters. The second-order valence-electron chi connectivity index (χ2n) is 9.69. The average molecular weight is 601 g/mol. The van der Waals surface area contributed by atoms with Crippen molar-refractivity contribution in [2.45, 2.75) is 57.5 Å². The van der Waals surface area contributed by atoms with Crippen molar-refractivity contribution >= 4 is 29.2 Å². The summed E-state index contributed by atoms with van der Waals surface area (Å²) >= 11 is 1.80. The van der Waals surface area contributed by atoms with Crippen molar-refractivity contribution in [3.8, 4) is 0 Å². The Labute approximate surface area is 230 Å². The van der Waals surface area contributed by atoms with Crippen LogP contribution in [0, 0.1) is 5.41 Å². The molecule has 16 heteroatoms. The minimum atomic E-state index is -5.08. The summed E-state index contributed by atoms with van der Waals surface area (Å²) in [6.45, 7) is 7.91. The van der Waals surface area contributed by atoms with Gasteiger partial charge in [0.1, 0.15) is 0 Å². The Kier molecular flexibility index (Phi) is 10.8. The summed E-state index contributed by atoms with van der Waals surface area (Å²) < 4.78 is 65.6. The van der Waals surface area contributed by atoms with Crippen LogP contribution in [0.3, 0.4) is 0 Å². The molecule has 4 rings (SSSR count). The number of rotatable bonds is 4. The largest absolute Gasteiger partial charge is 0.490 e. The topological polar surface area (TPSA) is 116 Å². The zero-order valence-corrected chi connectivity index (χ0v) is 22.7. The number of piperidine rings is 1. The fourth-order valence-electron chi connectivity index (χ4n) is 4.85. The van der Waals surface area contributed by atoms with E-state index in [1.165, 1.54) is 10.6 Å². The lowest BCUT2D eigenvalue weighted by atomic mass is 9.70. The van der Waals surface area contributed by atoms with Crippen LogP contribution in [0.4, 0.5) is 26.3 Å². The fraction of sp³-hybridized carbons (Fsp3) is 0.583. The number of carbonyl (C=O) groups excluding carboxylic acids is 1. The Morgan fingerprint density at radius 2 is 1.70 bits per heavy atom. The number of hydrogen-bond acceptors (Lipinski definition) is 6. The molecule has 2 saturated heterocycles. The summed E-state index contributed by atoms with van der Waals surface area (Å²) in [5.74, 6) is -4.98. The molecule has 40 heavy (non-hydrogen) atoms. The van der Waals surface area contributed by atoms with Gasteiger partial charge in [-0.25, -0.2) is 9.59 Å². The summed E-state index contributed by atoms with van der Waals surface area (Å²) in [6, 6.07) is 6.73. The minimum absolute atomic E-state index is 0.211. The highest BCUT2D eigenvalue weighted by molar-refractivity contribution is 7.09. The first-order valence-electron chi connectivity index (χ1n) is 12.0. The van der Waals surface area contributed by atoms with Crippen molar-refractivity contribution in [3.63, 3.8) is 0 Å². The van der Waals surface area contributed by atoms with Gasteiger partial charge < -0.3 is 15.1 Å². The Hall–Kier alpha value is -3.14. The van der Waals surface area contributed by atoms with E-state index in [1.807, 2.05) is 18.1 Å². The van der Waals surface area contributed by atoms with Crippen LogP contribution in [-0.2, 0) is 20.9 Å². The predicted molar refractivity (Wildman–Crippen MR) is 132 cm³/mol. The van der Waals surface area contributed by atoms with Crippen LogP contribution in [-0.4, -0.2) is 86.7 Å². The summed E-state index contributed by atoms with van der Waals surface area (Å²) in [5, 5.41) is 20.9. The average Bonchev–Trinajstić information content (AvgIpc) is 3.58. The summed E-state index contributed by atoms with van der Waals surface area (Å²) in [4.78, 5) is 36.9. The molecule has 4 heterocycles. The maximum absolute atomic E-state index is 13.4. The number of aromatic nitrogens is 2. The molecule has 2 N–H and O–H groups in total. The number of halogens is 6. The third-order valence-corrected chi connectivity index (χ3v) is 7.36. The molecule has 0 radical (unpaired) electrons. The lowest BCUT2D eigenvalue weighted by Crippen LogP contribution is -2.50. The van der Waals surface area contributed by atoms with E-state index in [1.54, 1.807) is 11.3 Å². The fourth-order valence-corrected chi connectivity index (χ4v) is 5.59. The van der Waals surface area contributed by atoms with Crippen LogP contribution in [0.15, 0.2) is 29.8 Å². The highest BCUT2D eigenvalue weighted by Gasteiger charge is 2.55. The molecule has 0 unspecified atom stereocenters. The van der Waals surface area contributed by atoms with Crippen molar-refractivity contribution < 1.29 is 50.9 Å². The van der Waals surface area contributed by atoms with Crippen LogP contribution >= 0.6 is 11.3 Å². The van der Waals surface area contributed by atoms with Crippen molar-refractivity contribution in [2.24, 2.45) is 5.41 Å². The number of alkyl halides is 6. The van der Waals surface area contributed by atoms with E-state index in [0.29, 0.717) is 11.9 Å². The standard InChI is InChI=1S/C20H28N4OS.2C2HF3O2/c1-15(2)24-18(7-9-21-24)17-13-23(12-16-6-4-11-26-16)14-20(17)8-5-10-22(3)19(20)25;2*3-2(4,5)1(6)7/h4,6-7,9,11,15,17H,5,8,10,12-14H2,1-3H3;2*(H,6,7)/t17-,20+;;/m0../s1. The Balaban J connectivity index is 0.000000333. The van der Waals surface area contributed by atoms with E-state index < -0.39 is 24.3 Å². The first kappa shape index (κ1) is 33.1. The smallest absolute Gasteiger partial charge is 0.475 e. The molecule has 2 aliphatic heterocycles. The molecular weight excluding hydrogens is 570 g/mol. The van der Waals surface area contributed by atoms with Gasteiger partial charge >= 0.3 is 24.3 Å². The Bertz CT molecular complexity index is 1130. The Morgan fingerprint density at radius 1 is 1.12 bits per heavy atom. The molecule has 2 aliphatic rings. The van der Waals surface area contributed by atoms with Gasteiger partial charge in [-0.05, 0) is 44.2 Å². The van der Waals surface area contributed by atoms with Crippen LogP contribution in [0.1, 0.15) is 49.2 Å². The molecule has 0 aliphatic carbocycles. The highest BCUT2D eigenvalue weighted by Crippen LogP contribution is 2.49. The third-order valence-electron chi connectivity index (χ3n) is 6.49. The molecule has 2 aromatic rings. The van der Waals surface area contributed by atoms with Crippen LogP contribution < -0.4 is 0 Å². The number of carbonyl (C=O) groups is 3. The van der Waals surface area contributed by atoms with Gasteiger partial charge in [0.15, 0.2) is 0 Å². The quantitative estimate of drug-likeness (QED) is 0.492. The van der Waals surface area contributed by atoms with E-state index in [-0.39, 0.29) is 11.3 Å². The molecule has 224 valence electrons. The Morgan fingerprint density at radius 3 is 2.17 bits per heavy atom. The van der Waals surface area contributed by atoms with Gasteiger partial charge in [-0.2, -0.15) is 31.4 Å². The molecule has 0 aromatic carbocycles. The van der Waals surface area contributed by atoms with Gasteiger partial charge in [-0.1, -0.05) is 6.07 Å². The number of aliphatic carboxylic acids is 2. The number of carboxylic acid groups (broad SMARTS) is 2. The predicted octanol–water partition coefficient (Wildman–Crippen LogP) is 4.63. The van der Waals surface area contributed by atoms with Gasteiger partial charge in [-0.3, -0.25) is 14.4 Å². The van der Waals surface area contributed by atoms with E-state index in [9.17, 15) is 31.1 Å². The van der Waals surface area contributed by atoms with Crippen LogP contribution in [0.25, 0.3) is 0 Å². The molecule has 0 saturated carbocycles. The van der Waals surface area contributed by atoms with Gasteiger partial charge in [0.2, 0.25) is 5.91 Å². The van der Waals surface area contributed by atoms with Gasteiger partial charge in [-0.15, -0.1) is 11.3 Å². The number of amides is 1. The lowest BCUT2D eigenvalue weighted by Gasteiger charge is -2.41. The zero-order chi connectivity index (χ0) is 30.5. The van der Waals surface area contributed by atoms with Gasteiger partial charge in [0.05, 0.1) is 5.41 Å². The molecule has 0 bridgehead atoms. The zero-order valence-electron chi connectivity index (χ0n) is 21.9. The lowest BCUT2D eigenvalue weighted by molar-refractivity contribution is -0.193. The monoisotopic (exact) mass is 600 g/mol. The SMILES string of the molecule is CC(C)n1nccc1[C@@H]1CN(Cc2cccs2)C[C@]12CCCN(C)C2=O.O=C(O)C(F)(F)F.O=C(O)C(F)(F)F. The van der Waals surface area contributed by atoms with E-state index in [0.717, 1.165) is 39.0 Å². The van der Waals surface area contributed by atoms with Crippen molar-refractivity contribution in [3.05, 3.63) is 40.3 Å². The first-order valence-corrected chi connectivity index (χ1v) is 12.9. The normalized spacial score (nSPS) is 21.6. The van der Waals surface area contributed by atoms with Crippen molar-refractivity contribution in [1.82, 2.24) is 19.6 Å². The second kappa shape index (κ2) is 13.0. The van der Waals surface area contributed by atoms with Crippen molar-refractivity contribution in [1.29, 1.82) is 0 Å². The van der Waals surface area contributed by atoms with Crippen LogP contribution in [0.2, 0.25) is 0 Å². The molecule has 2 aromatic heterocycles. The third kappa shape index (κ3) is 8.19. The molecule has 1 amide bonds. The van der Waals surface area contributed by atoms with E-state index >= 15 is 0 Å². The van der Waals surface area contributed by atoms with Gasteiger partial charge in [0, 0.05) is 62.0 Å². The number of carboxylic acids is 2. The number of thiophene rings is 1. The molecular formula is C24H30F6N4O5S. The minimum Gasteiger partial charge on any atom is -0.475 e. The number of hydrogen-bond donors (Lipinski definition) is 2.